The van der Waals surface area contributed by atoms with Crippen LogP contribution in [0, 0.1) is 5.92 Å². The van der Waals surface area contributed by atoms with Gasteiger partial charge in [0, 0.05) is 49.1 Å². The molecule has 9 heteroatoms. The highest BCUT2D eigenvalue weighted by atomic mass is 35.5. The van der Waals surface area contributed by atoms with Gasteiger partial charge in [0.2, 0.25) is 0 Å². The van der Waals surface area contributed by atoms with Crippen LogP contribution in [0.1, 0.15) is 47.1 Å². The summed E-state index contributed by atoms with van der Waals surface area (Å²) < 4.78 is 31.3. The van der Waals surface area contributed by atoms with E-state index in [0.29, 0.717) is 28.3 Å². The average Bonchev–Trinajstić information content (AvgIpc) is 2.97. The fraction of sp³-hybridized carbons (Fsp3) is 0.500. The zero-order valence-corrected chi connectivity index (χ0v) is 17.4. The van der Waals surface area contributed by atoms with E-state index in [0.717, 1.165) is 0 Å². The van der Waals surface area contributed by atoms with Gasteiger partial charge in [0.05, 0.1) is 22.3 Å². The minimum atomic E-state index is -3.05. The maximum Gasteiger partial charge on any atom is 0.289 e. The third-order valence-electron chi connectivity index (χ3n) is 5.81. The molecule has 0 spiro atoms. The van der Waals surface area contributed by atoms with Gasteiger partial charge in [-0.05, 0) is 31.5 Å². The highest BCUT2D eigenvalue weighted by molar-refractivity contribution is 6.42. The molecule has 0 bridgehead atoms. The van der Waals surface area contributed by atoms with E-state index in [1.54, 1.807) is 17.0 Å². The molecule has 2 atom stereocenters. The van der Waals surface area contributed by atoms with Crippen molar-refractivity contribution in [2.75, 3.05) is 6.61 Å². The number of aliphatic hydroxyl groups is 1. The van der Waals surface area contributed by atoms with Gasteiger partial charge in [-0.15, -0.1) is 0 Å². The van der Waals surface area contributed by atoms with E-state index >= 15 is 0 Å². The first kappa shape index (κ1) is 20.6. The largest absolute Gasteiger partial charge is 0.396 e. The van der Waals surface area contributed by atoms with E-state index in [4.69, 9.17) is 23.2 Å². The van der Waals surface area contributed by atoms with Crippen molar-refractivity contribution < 1.29 is 18.7 Å². The van der Waals surface area contributed by atoms with Gasteiger partial charge in [0.1, 0.15) is 5.69 Å². The van der Waals surface area contributed by atoms with E-state index in [-0.39, 0.29) is 61.1 Å². The Balaban J connectivity index is 1.71. The van der Waals surface area contributed by atoms with Crippen molar-refractivity contribution in [1.82, 2.24) is 14.7 Å². The van der Waals surface area contributed by atoms with Crippen LogP contribution in [-0.4, -0.2) is 38.3 Å². The van der Waals surface area contributed by atoms with Gasteiger partial charge in [-0.3, -0.25) is 9.48 Å². The number of fused-ring (bicyclic) bond motifs is 3. The van der Waals surface area contributed by atoms with Gasteiger partial charge < -0.3 is 10.0 Å². The molecule has 4 rings (SSSR count). The van der Waals surface area contributed by atoms with Crippen LogP contribution in [0.25, 0.3) is 0 Å². The number of hydrogen-bond donors (Lipinski definition) is 1. The van der Waals surface area contributed by atoms with Crippen LogP contribution in [0.3, 0.4) is 0 Å². The maximum atomic E-state index is 15.0. The quantitative estimate of drug-likeness (QED) is 0.753. The topological polar surface area (TPSA) is 58.4 Å². The van der Waals surface area contributed by atoms with Crippen molar-refractivity contribution >= 4 is 29.1 Å². The third kappa shape index (κ3) is 3.64. The zero-order chi connectivity index (χ0) is 20.9. The fourth-order valence-corrected chi connectivity index (χ4v) is 4.49. The molecule has 0 unspecified atom stereocenters. The second-order valence-corrected chi connectivity index (χ2v) is 8.68. The first-order valence-electron chi connectivity index (χ1n) is 9.55. The number of amides is 1. The molecular formula is C20H21Cl2F2N3O2. The minimum absolute atomic E-state index is 0.0598. The molecule has 0 saturated heterocycles. The second-order valence-electron chi connectivity index (χ2n) is 7.86. The number of hydrogen-bond acceptors (Lipinski definition) is 3. The lowest BCUT2D eigenvalue weighted by Crippen LogP contribution is -2.43. The maximum absolute atomic E-state index is 15.0. The molecule has 0 aliphatic carbocycles. The van der Waals surface area contributed by atoms with E-state index in [9.17, 15) is 18.7 Å². The molecule has 0 fully saturated rings. The van der Waals surface area contributed by atoms with E-state index in [1.807, 2.05) is 6.92 Å². The summed E-state index contributed by atoms with van der Waals surface area (Å²) in [6.45, 7) is 2.03. The van der Waals surface area contributed by atoms with Crippen molar-refractivity contribution in [3.05, 3.63) is 50.8 Å². The predicted octanol–water partition coefficient (Wildman–Crippen LogP) is 4.27. The number of nitrogens with zero attached hydrogens (tertiary/aromatic N) is 3. The van der Waals surface area contributed by atoms with Gasteiger partial charge >= 0.3 is 0 Å². The smallest absolute Gasteiger partial charge is 0.289 e. The highest BCUT2D eigenvalue weighted by Crippen LogP contribution is 2.42. The Labute approximate surface area is 177 Å². The molecule has 29 heavy (non-hydrogen) atoms. The molecule has 2 aromatic rings. The van der Waals surface area contributed by atoms with Gasteiger partial charge in [0.25, 0.3) is 11.8 Å². The summed E-state index contributed by atoms with van der Waals surface area (Å²) in [6.07, 6.45) is 0.277. The minimum Gasteiger partial charge on any atom is -0.396 e. The summed E-state index contributed by atoms with van der Waals surface area (Å²) in [5.41, 5.74) is 1.26. The molecule has 1 N–H and O–H groups in total. The lowest BCUT2D eigenvalue weighted by atomic mass is 9.95. The normalized spacial score (nSPS) is 23.3. The summed E-state index contributed by atoms with van der Waals surface area (Å²) >= 11 is 12.0. The van der Waals surface area contributed by atoms with Crippen molar-refractivity contribution in [2.24, 2.45) is 5.92 Å². The van der Waals surface area contributed by atoms with Gasteiger partial charge in [-0.2, -0.15) is 13.9 Å². The number of carbonyl (C=O) groups is 1. The molecule has 1 aromatic heterocycles. The molecule has 3 heterocycles. The lowest BCUT2D eigenvalue weighted by Gasteiger charge is -2.34. The SMILES string of the molecule is C[C@@H]1Cc2nn3c(c2CN1C(=O)c1ccc(Cl)c(Cl)c1)C(F)(F)CC[C@@H](CO)C3. The van der Waals surface area contributed by atoms with E-state index in [1.165, 1.54) is 10.7 Å². The summed E-state index contributed by atoms with van der Waals surface area (Å²) in [4.78, 5) is 14.7. The second kappa shape index (κ2) is 7.52. The van der Waals surface area contributed by atoms with Crippen molar-refractivity contribution in [3.8, 4) is 0 Å². The highest BCUT2D eigenvalue weighted by Gasteiger charge is 2.44. The number of alkyl halides is 2. The molecule has 1 amide bonds. The Kier molecular flexibility index (Phi) is 5.34. The van der Waals surface area contributed by atoms with Crippen molar-refractivity contribution in [3.63, 3.8) is 0 Å². The molecule has 1 aromatic carbocycles. The number of aliphatic hydroxyl groups excluding tert-OH is 1. The van der Waals surface area contributed by atoms with Gasteiger partial charge in [-0.25, -0.2) is 0 Å². The molecule has 2 aliphatic heterocycles. The summed E-state index contributed by atoms with van der Waals surface area (Å²) in [5, 5.41) is 14.5. The summed E-state index contributed by atoms with van der Waals surface area (Å²) in [7, 11) is 0. The third-order valence-corrected chi connectivity index (χ3v) is 6.55. The number of rotatable bonds is 2. The Bertz CT molecular complexity index is 963. The number of benzene rings is 1. The Hall–Kier alpha value is -1.70. The Morgan fingerprint density at radius 2 is 2.10 bits per heavy atom. The van der Waals surface area contributed by atoms with E-state index < -0.39 is 5.92 Å². The van der Waals surface area contributed by atoms with Crippen LogP contribution in [0.15, 0.2) is 18.2 Å². The Morgan fingerprint density at radius 3 is 2.79 bits per heavy atom. The molecule has 156 valence electrons. The first-order chi connectivity index (χ1) is 13.7. The van der Waals surface area contributed by atoms with Crippen molar-refractivity contribution in [2.45, 2.75) is 51.2 Å². The van der Waals surface area contributed by atoms with Gasteiger partial charge in [0.15, 0.2) is 0 Å². The number of aromatic nitrogens is 2. The summed E-state index contributed by atoms with van der Waals surface area (Å²) in [5.74, 6) is -3.59. The number of halogens is 4. The predicted molar refractivity (Wildman–Crippen MR) is 105 cm³/mol. The van der Waals surface area contributed by atoms with Crippen LogP contribution in [0.4, 0.5) is 8.78 Å². The summed E-state index contributed by atoms with van der Waals surface area (Å²) in [6, 6.07) is 4.42. The standard InChI is InChI=1S/C20H21Cl2F2N3O2/c1-11-6-17-14(9-26(11)19(29)13-2-3-15(21)16(22)7-13)18-20(23,24)5-4-12(10-28)8-27(18)25-17/h2-3,7,11-12,28H,4-6,8-10H2,1H3/t11-,12-/m1/s1. The van der Waals surface area contributed by atoms with Crippen LogP contribution in [-0.2, 0) is 25.4 Å². The van der Waals surface area contributed by atoms with E-state index in [2.05, 4.69) is 5.10 Å². The molecule has 0 saturated carbocycles. The average molecular weight is 444 g/mol. The fourth-order valence-electron chi connectivity index (χ4n) is 4.19. The molecular weight excluding hydrogens is 423 g/mol. The van der Waals surface area contributed by atoms with Crippen LogP contribution < -0.4 is 0 Å². The monoisotopic (exact) mass is 443 g/mol. The zero-order valence-electron chi connectivity index (χ0n) is 15.8. The first-order valence-corrected chi connectivity index (χ1v) is 10.3. The number of carbonyl (C=O) groups excluding carboxylic acids is 1. The Morgan fingerprint density at radius 1 is 1.34 bits per heavy atom. The van der Waals surface area contributed by atoms with Crippen LogP contribution in [0.5, 0.6) is 0 Å². The molecule has 5 nitrogen and oxygen atoms in total. The van der Waals surface area contributed by atoms with Gasteiger partial charge in [-0.1, -0.05) is 23.2 Å². The molecule has 2 aliphatic rings. The van der Waals surface area contributed by atoms with Crippen LogP contribution >= 0.6 is 23.2 Å². The van der Waals surface area contributed by atoms with Crippen molar-refractivity contribution in [1.29, 1.82) is 0 Å². The van der Waals surface area contributed by atoms with Crippen LogP contribution in [0.2, 0.25) is 10.0 Å². The molecule has 0 radical (unpaired) electrons. The lowest BCUT2D eigenvalue weighted by molar-refractivity contribution is -0.0229.